The summed E-state index contributed by atoms with van der Waals surface area (Å²) < 4.78 is 26.4. The number of nitrogens with one attached hydrogen (secondary N) is 1. The first-order chi connectivity index (χ1) is 15.0. The third-order valence-electron chi connectivity index (χ3n) is 4.61. The first-order valence-corrected chi connectivity index (χ1v) is 9.36. The van der Waals surface area contributed by atoms with Crippen LogP contribution in [0.4, 0.5) is 5.69 Å². The summed E-state index contributed by atoms with van der Waals surface area (Å²) in [5, 5.41) is 2.70. The van der Waals surface area contributed by atoms with Gasteiger partial charge in [0.2, 0.25) is 0 Å². The summed E-state index contributed by atoms with van der Waals surface area (Å²) in [5.41, 5.74) is 1.46. The summed E-state index contributed by atoms with van der Waals surface area (Å²) in [6.45, 7) is 0. The molecule has 1 aromatic heterocycles. The Morgan fingerprint density at radius 2 is 1.61 bits per heavy atom. The van der Waals surface area contributed by atoms with Gasteiger partial charge >= 0.3 is 5.97 Å². The van der Waals surface area contributed by atoms with Crippen LogP contribution in [0.15, 0.2) is 52.9 Å². The van der Waals surface area contributed by atoms with Crippen molar-refractivity contribution in [2.75, 3.05) is 33.8 Å². The third-order valence-corrected chi connectivity index (χ3v) is 4.61. The van der Waals surface area contributed by atoms with Crippen LogP contribution in [0.1, 0.15) is 32.2 Å². The Morgan fingerprint density at radius 1 is 0.871 bits per heavy atom. The molecule has 2 aromatic carbocycles. The molecule has 0 saturated carbocycles. The summed E-state index contributed by atoms with van der Waals surface area (Å²) in [6.07, 6.45) is 0.412. The van der Waals surface area contributed by atoms with Gasteiger partial charge < -0.3 is 28.7 Å². The predicted molar refractivity (Wildman–Crippen MR) is 113 cm³/mol. The lowest BCUT2D eigenvalue weighted by atomic mass is 10.1. The number of carbonyl (C=O) groups is 2. The van der Waals surface area contributed by atoms with Crippen molar-refractivity contribution in [1.82, 2.24) is 0 Å². The number of esters is 1. The van der Waals surface area contributed by atoms with Crippen LogP contribution in [0.2, 0.25) is 0 Å². The van der Waals surface area contributed by atoms with Gasteiger partial charge in [-0.05, 0) is 48.5 Å². The number of amides is 1. The second-order valence-corrected chi connectivity index (χ2v) is 6.48. The van der Waals surface area contributed by atoms with E-state index in [1.165, 1.54) is 20.3 Å². The van der Waals surface area contributed by atoms with E-state index in [9.17, 15) is 9.59 Å². The third kappa shape index (κ3) is 4.98. The maximum absolute atomic E-state index is 12.7. The highest BCUT2D eigenvalue weighted by atomic mass is 16.5. The van der Waals surface area contributed by atoms with Crippen molar-refractivity contribution < 1.29 is 33.0 Å². The lowest BCUT2D eigenvalue weighted by Gasteiger charge is -2.11. The SMILES string of the molecule is COC(=O)c1ccc(OC)c(NC(=O)c2ccc(Cc3cc(OC)ccc3OC)o2)c1. The van der Waals surface area contributed by atoms with E-state index in [1.807, 2.05) is 12.1 Å². The van der Waals surface area contributed by atoms with E-state index in [0.717, 1.165) is 5.56 Å². The standard InChI is InChI=1S/C23H23NO7/c1-27-16-6-9-19(28-2)15(11-16)12-17-7-10-21(31-17)22(25)24-18-13-14(23(26)30-4)5-8-20(18)29-3/h5-11,13H,12H2,1-4H3,(H,24,25). The highest BCUT2D eigenvalue weighted by molar-refractivity contribution is 6.04. The second-order valence-electron chi connectivity index (χ2n) is 6.48. The molecule has 0 saturated heterocycles. The van der Waals surface area contributed by atoms with Crippen molar-refractivity contribution >= 4 is 17.6 Å². The largest absolute Gasteiger partial charge is 0.497 e. The predicted octanol–water partition coefficient (Wildman–Crippen LogP) is 3.94. The second kappa shape index (κ2) is 9.71. The van der Waals surface area contributed by atoms with Crippen LogP contribution in [0.5, 0.6) is 17.2 Å². The molecule has 1 amide bonds. The smallest absolute Gasteiger partial charge is 0.337 e. The minimum absolute atomic E-state index is 0.113. The van der Waals surface area contributed by atoms with E-state index < -0.39 is 11.9 Å². The molecule has 0 unspecified atom stereocenters. The number of furan rings is 1. The van der Waals surface area contributed by atoms with Crippen molar-refractivity contribution in [2.24, 2.45) is 0 Å². The molecule has 0 aliphatic rings. The van der Waals surface area contributed by atoms with Crippen LogP contribution >= 0.6 is 0 Å². The van der Waals surface area contributed by atoms with Gasteiger partial charge in [0.05, 0.1) is 39.7 Å². The minimum atomic E-state index is -0.523. The molecule has 3 rings (SSSR count). The van der Waals surface area contributed by atoms with Crippen LogP contribution in [0, 0.1) is 0 Å². The van der Waals surface area contributed by atoms with Gasteiger partial charge in [-0.1, -0.05) is 0 Å². The van der Waals surface area contributed by atoms with E-state index in [0.29, 0.717) is 35.1 Å². The molecular formula is C23H23NO7. The van der Waals surface area contributed by atoms with Gasteiger partial charge in [-0.15, -0.1) is 0 Å². The Kier molecular flexibility index (Phi) is 6.81. The van der Waals surface area contributed by atoms with Crippen LogP contribution in [0.25, 0.3) is 0 Å². The van der Waals surface area contributed by atoms with Gasteiger partial charge in [0, 0.05) is 12.0 Å². The number of rotatable bonds is 8. The zero-order valence-electron chi connectivity index (χ0n) is 17.7. The average molecular weight is 425 g/mol. The molecule has 0 aliphatic heterocycles. The molecule has 1 N–H and O–H groups in total. The fraction of sp³-hybridized carbons (Fsp3) is 0.217. The molecular weight excluding hydrogens is 402 g/mol. The maximum atomic E-state index is 12.7. The Bertz CT molecular complexity index is 1090. The minimum Gasteiger partial charge on any atom is -0.497 e. The van der Waals surface area contributed by atoms with Gasteiger partial charge in [0.1, 0.15) is 23.0 Å². The van der Waals surface area contributed by atoms with Crippen LogP contribution in [0.3, 0.4) is 0 Å². The van der Waals surface area contributed by atoms with Crippen molar-refractivity contribution in [3.8, 4) is 17.2 Å². The zero-order chi connectivity index (χ0) is 22.4. The van der Waals surface area contributed by atoms with Gasteiger partial charge in [-0.25, -0.2) is 4.79 Å². The molecule has 8 nitrogen and oxygen atoms in total. The first-order valence-electron chi connectivity index (χ1n) is 9.36. The van der Waals surface area contributed by atoms with E-state index in [1.54, 1.807) is 44.6 Å². The summed E-state index contributed by atoms with van der Waals surface area (Å²) in [6, 6.07) is 13.4. The first kappa shape index (κ1) is 21.8. The fourth-order valence-corrected chi connectivity index (χ4v) is 3.04. The van der Waals surface area contributed by atoms with Crippen LogP contribution < -0.4 is 19.5 Å². The van der Waals surface area contributed by atoms with Crippen molar-refractivity contribution in [1.29, 1.82) is 0 Å². The number of methoxy groups -OCH3 is 4. The highest BCUT2D eigenvalue weighted by Crippen LogP contribution is 2.28. The normalized spacial score (nSPS) is 10.3. The lowest BCUT2D eigenvalue weighted by Crippen LogP contribution is -2.13. The molecule has 0 radical (unpaired) electrons. The van der Waals surface area contributed by atoms with Gasteiger partial charge in [0.25, 0.3) is 5.91 Å². The summed E-state index contributed by atoms with van der Waals surface area (Å²) >= 11 is 0. The van der Waals surface area contributed by atoms with Crippen molar-refractivity contribution in [2.45, 2.75) is 6.42 Å². The number of ether oxygens (including phenoxy) is 4. The van der Waals surface area contributed by atoms with Crippen LogP contribution in [-0.4, -0.2) is 40.3 Å². The maximum Gasteiger partial charge on any atom is 0.337 e. The average Bonchev–Trinajstić information content (AvgIpc) is 3.27. The van der Waals surface area contributed by atoms with Gasteiger partial charge in [0.15, 0.2) is 5.76 Å². The topological polar surface area (TPSA) is 96.2 Å². The molecule has 31 heavy (non-hydrogen) atoms. The van der Waals surface area contributed by atoms with E-state index in [-0.39, 0.29) is 11.3 Å². The molecule has 0 bridgehead atoms. The molecule has 3 aromatic rings. The number of anilines is 1. The number of hydrogen-bond donors (Lipinski definition) is 1. The Labute approximate surface area is 179 Å². The van der Waals surface area contributed by atoms with Crippen molar-refractivity contribution in [3.63, 3.8) is 0 Å². The highest BCUT2D eigenvalue weighted by Gasteiger charge is 2.17. The summed E-state index contributed by atoms with van der Waals surface area (Å²) in [4.78, 5) is 24.5. The van der Waals surface area contributed by atoms with E-state index >= 15 is 0 Å². The Hall–Kier alpha value is -3.94. The van der Waals surface area contributed by atoms with Gasteiger partial charge in [-0.2, -0.15) is 0 Å². The molecule has 162 valence electrons. The molecule has 1 heterocycles. The molecule has 0 spiro atoms. The van der Waals surface area contributed by atoms with E-state index in [4.69, 9.17) is 23.4 Å². The Balaban J connectivity index is 1.79. The molecule has 0 fully saturated rings. The number of hydrogen-bond acceptors (Lipinski definition) is 7. The van der Waals surface area contributed by atoms with Crippen molar-refractivity contribution in [3.05, 3.63) is 71.2 Å². The lowest BCUT2D eigenvalue weighted by molar-refractivity contribution is 0.0600. The summed E-state index contributed by atoms with van der Waals surface area (Å²) in [5.74, 6) is 1.46. The number of carbonyl (C=O) groups excluding carboxylic acids is 2. The fourth-order valence-electron chi connectivity index (χ4n) is 3.04. The van der Waals surface area contributed by atoms with Gasteiger partial charge in [-0.3, -0.25) is 4.79 Å². The monoisotopic (exact) mass is 425 g/mol. The Morgan fingerprint density at radius 3 is 2.29 bits per heavy atom. The molecule has 0 aliphatic carbocycles. The molecule has 0 atom stereocenters. The molecule has 8 heteroatoms. The zero-order valence-corrected chi connectivity index (χ0v) is 17.7. The van der Waals surface area contributed by atoms with E-state index in [2.05, 4.69) is 5.32 Å². The quantitative estimate of drug-likeness (QED) is 0.546. The van der Waals surface area contributed by atoms with Crippen LogP contribution in [-0.2, 0) is 11.2 Å². The number of benzene rings is 2. The summed E-state index contributed by atoms with van der Waals surface area (Å²) in [7, 11) is 5.92.